The van der Waals surface area contributed by atoms with E-state index in [-0.39, 0.29) is 0 Å². The van der Waals surface area contributed by atoms with Gasteiger partial charge < -0.3 is 4.74 Å². The average molecular weight is 224 g/mol. The number of para-hydroxylation sites is 1. The first kappa shape index (κ1) is 11.2. The molecule has 0 bridgehead atoms. The topological polar surface area (TPSA) is 35.0 Å². The van der Waals surface area contributed by atoms with Crippen LogP contribution in [-0.2, 0) is 0 Å². The summed E-state index contributed by atoms with van der Waals surface area (Å²) in [6, 6.07) is 5.71. The molecule has 0 aliphatic rings. The zero-order valence-corrected chi connectivity index (χ0v) is 9.55. The van der Waals surface area contributed by atoms with Crippen LogP contribution < -0.4 is 4.74 Å². The van der Waals surface area contributed by atoms with Crippen LogP contribution in [0.25, 0.3) is 11.1 Å². The highest BCUT2D eigenvalue weighted by Crippen LogP contribution is 2.32. The first-order valence-corrected chi connectivity index (χ1v) is 5.34. The number of hydrogen-bond donors (Lipinski definition) is 0. The van der Waals surface area contributed by atoms with E-state index in [9.17, 15) is 0 Å². The van der Waals surface area contributed by atoms with E-state index in [2.05, 4.69) is 15.9 Å². The molecule has 2 rings (SSSR count). The molecule has 84 valence electrons. The third-order valence-electron chi connectivity index (χ3n) is 2.33. The lowest BCUT2D eigenvalue weighted by atomic mass is 10.0. The molecule has 0 aliphatic heterocycles. The normalized spacial score (nSPS) is 9.65. The number of terminal acetylenes is 1. The summed E-state index contributed by atoms with van der Waals surface area (Å²) in [6.07, 6.45) is 10.4. The first-order valence-electron chi connectivity index (χ1n) is 5.34. The predicted molar refractivity (Wildman–Crippen MR) is 66.6 cm³/mol. The number of nitrogens with zero attached hydrogens (tertiary/aromatic N) is 2. The zero-order valence-electron chi connectivity index (χ0n) is 9.55. The molecular weight excluding hydrogens is 212 g/mol. The minimum Gasteiger partial charge on any atom is -0.492 e. The quantitative estimate of drug-likeness (QED) is 0.751. The average Bonchev–Trinajstić information content (AvgIpc) is 2.40. The summed E-state index contributed by atoms with van der Waals surface area (Å²) in [7, 11) is 0. The summed E-state index contributed by atoms with van der Waals surface area (Å²) in [5.74, 6) is 3.34. The van der Waals surface area contributed by atoms with Crippen molar-refractivity contribution in [1.29, 1.82) is 0 Å². The molecule has 0 radical (unpaired) electrons. The molecule has 0 fully saturated rings. The van der Waals surface area contributed by atoms with E-state index < -0.39 is 0 Å². The highest BCUT2D eigenvalue weighted by molar-refractivity contribution is 5.72. The Morgan fingerprint density at radius 1 is 1.29 bits per heavy atom. The molecule has 0 amide bonds. The molecule has 0 N–H and O–H groups in total. The molecule has 3 heteroatoms. The molecule has 17 heavy (non-hydrogen) atoms. The van der Waals surface area contributed by atoms with Crippen LogP contribution in [0.3, 0.4) is 0 Å². The summed E-state index contributed by atoms with van der Waals surface area (Å²) in [5, 5.41) is 0. The Labute approximate surface area is 101 Å². The van der Waals surface area contributed by atoms with Crippen LogP contribution in [-0.4, -0.2) is 16.6 Å². The van der Waals surface area contributed by atoms with Gasteiger partial charge in [0.05, 0.1) is 12.2 Å². The second-order valence-electron chi connectivity index (χ2n) is 3.39. The third-order valence-corrected chi connectivity index (χ3v) is 2.33. The second-order valence-corrected chi connectivity index (χ2v) is 3.39. The fraction of sp³-hybridized carbons (Fsp3) is 0.143. The summed E-state index contributed by atoms with van der Waals surface area (Å²) < 4.78 is 5.62. The van der Waals surface area contributed by atoms with Gasteiger partial charge in [-0.3, -0.25) is 0 Å². The lowest BCUT2D eigenvalue weighted by Crippen LogP contribution is -1.97. The first-order chi connectivity index (χ1) is 8.36. The van der Waals surface area contributed by atoms with Crippen LogP contribution in [0.1, 0.15) is 12.5 Å². The molecule has 1 aromatic heterocycles. The zero-order chi connectivity index (χ0) is 12.1. The summed E-state index contributed by atoms with van der Waals surface area (Å²) >= 11 is 0. The lowest BCUT2D eigenvalue weighted by molar-refractivity contribution is 0.340. The van der Waals surface area contributed by atoms with Crippen LogP contribution in [0.4, 0.5) is 0 Å². The molecule has 1 aromatic carbocycles. The van der Waals surface area contributed by atoms with Gasteiger partial charge in [-0.15, -0.1) is 6.42 Å². The number of benzene rings is 1. The van der Waals surface area contributed by atoms with Gasteiger partial charge in [0.25, 0.3) is 0 Å². The van der Waals surface area contributed by atoms with Crippen molar-refractivity contribution in [2.45, 2.75) is 6.92 Å². The number of rotatable bonds is 3. The molecule has 0 saturated heterocycles. The highest BCUT2D eigenvalue weighted by Gasteiger charge is 2.10. The Bertz CT molecular complexity index is 544. The summed E-state index contributed by atoms with van der Waals surface area (Å²) in [4.78, 5) is 8.00. The molecule has 0 spiro atoms. The van der Waals surface area contributed by atoms with Crippen LogP contribution in [0.2, 0.25) is 0 Å². The van der Waals surface area contributed by atoms with Crippen molar-refractivity contribution in [2.24, 2.45) is 0 Å². The van der Waals surface area contributed by atoms with Crippen molar-refractivity contribution >= 4 is 0 Å². The Hall–Kier alpha value is -2.34. The van der Waals surface area contributed by atoms with Crippen LogP contribution >= 0.6 is 0 Å². The van der Waals surface area contributed by atoms with Crippen LogP contribution in [0.5, 0.6) is 5.75 Å². The predicted octanol–water partition coefficient (Wildman–Crippen LogP) is 2.52. The van der Waals surface area contributed by atoms with Crippen molar-refractivity contribution in [1.82, 2.24) is 9.97 Å². The van der Waals surface area contributed by atoms with E-state index in [1.54, 1.807) is 12.4 Å². The molecule has 0 aliphatic carbocycles. The Kier molecular flexibility index (Phi) is 3.37. The molecule has 3 nitrogen and oxygen atoms in total. The molecule has 2 aromatic rings. The third kappa shape index (κ3) is 2.26. The molecule has 0 unspecified atom stereocenters. The minimum absolute atomic E-state index is 0.569. The maximum atomic E-state index is 5.62. The Morgan fingerprint density at radius 2 is 2.06 bits per heavy atom. The van der Waals surface area contributed by atoms with Gasteiger partial charge in [-0.05, 0) is 13.0 Å². The Balaban J connectivity index is 2.58. The smallest absolute Gasteiger partial charge is 0.142 e. The SMILES string of the molecule is C#Cc1cccc(-c2cncnc2)c1OCC. The molecular formula is C14H12N2O. The van der Waals surface area contributed by atoms with Crippen LogP contribution in [0.15, 0.2) is 36.9 Å². The Morgan fingerprint density at radius 3 is 2.71 bits per heavy atom. The van der Waals surface area contributed by atoms with Gasteiger partial charge in [0, 0.05) is 23.5 Å². The van der Waals surface area contributed by atoms with Gasteiger partial charge in [-0.25, -0.2) is 9.97 Å². The summed E-state index contributed by atoms with van der Waals surface area (Å²) in [5.41, 5.74) is 2.56. The fourth-order valence-electron chi connectivity index (χ4n) is 1.62. The van der Waals surface area contributed by atoms with Gasteiger partial charge >= 0.3 is 0 Å². The van der Waals surface area contributed by atoms with Crippen molar-refractivity contribution in [3.63, 3.8) is 0 Å². The minimum atomic E-state index is 0.569. The van der Waals surface area contributed by atoms with E-state index in [0.717, 1.165) is 16.7 Å². The van der Waals surface area contributed by atoms with E-state index in [0.29, 0.717) is 12.4 Å². The fourth-order valence-corrected chi connectivity index (χ4v) is 1.62. The molecule has 0 saturated carbocycles. The number of hydrogen-bond acceptors (Lipinski definition) is 3. The van der Waals surface area contributed by atoms with Gasteiger partial charge in [-0.1, -0.05) is 18.1 Å². The monoisotopic (exact) mass is 224 g/mol. The van der Waals surface area contributed by atoms with Gasteiger partial charge in [0.1, 0.15) is 12.1 Å². The largest absolute Gasteiger partial charge is 0.492 e. The molecule has 0 atom stereocenters. The maximum absolute atomic E-state index is 5.62. The maximum Gasteiger partial charge on any atom is 0.142 e. The van der Waals surface area contributed by atoms with E-state index in [1.807, 2.05) is 25.1 Å². The second kappa shape index (κ2) is 5.13. The number of ether oxygens (including phenoxy) is 1. The number of aromatic nitrogens is 2. The van der Waals surface area contributed by atoms with Gasteiger partial charge in [0.2, 0.25) is 0 Å². The van der Waals surface area contributed by atoms with E-state index >= 15 is 0 Å². The van der Waals surface area contributed by atoms with Crippen molar-refractivity contribution < 1.29 is 4.74 Å². The van der Waals surface area contributed by atoms with Crippen LogP contribution in [0, 0.1) is 12.3 Å². The molecule has 1 heterocycles. The van der Waals surface area contributed by atoms with E-state index in [4.69, 9.17) is 11.2 Å². The lowest BCUT2D eigenvalue weighted by Gasteiger charge is -2.11. The standard InChI is InChI=1S/C14H12N2O/c1-3-11-6-5-7-13(14(11)17-4-2)12-8-15-10-16-9-12/h1,5-10H,4H2,2H3. The van der Waals surface area contributed by atoms with Gasteiger partial charge in [-0.2, -0.15) is 0 Å². The van der Waals surface area contributed by atoms with E-state index in [1.165, 1.54) is 6.33 Å². The highest BCUT2D eigenvalue weighted by atomic mass is 16.5. The van der Waals surface area contributed by atoms with Crippen molar-refractivity contribution in [2.75, 3.05) is 6.61 Å². The van der Waals surface area contributed by atoms with Gasteiger partial charge in [0.15, 0.2) is 0 Å². The summed E-state index contributed by atoms with van der Waals surface area (Å²) in [6.45, 7) is 2.50. The van der Waals surface area contributed by atoms with Crippen molar-refractivity contribution in [3.8, 4) is 29.2 Å². The van der Waals surface area contributed by atoms with Crippen molar-refractivity contribution in [3.05, 3.63) is 42.5 Å².